The fourth-order valence-corrected chi connectivity index (χ4v) is 2.26. The van der Waals surface area contributed by atoms with Crippen molar-refractivity contribution in [2.45, 2.75) is 0 Å². The number of benzene rings is 2. The SMILES string of the molecule is N#Cc1cccc(/C=C/c2ccc3ccc(Cl)cc3n2)c1.[MgH2]. The molecule has 0 saturated carbocycles. The zero-order valence-corrected chi connectivity index (χ0v) is 11.9. The van der Waals surface area contributed by atoms with E-state index in [1.54, 1.807) is 6.07 Å². The molecular weight excluding hydrogens is 304 g/mol. The molecule has 104 valence electrons. The highest BCUT2D eigenvalue weighted by Crippen LogP contribution is 2.19. The van der Waals surface area contributed by atoms with Gasteiger partial charge in [0.1, 0.15) is 0 Å². The summed E-state index contributed by atoms with van der Waals surface area (Å²) in [6, 6.07) is 19.2. The van der Waals surface area contributed by atoms with E-state index < -0.39 is 0 Å². The van der Waals surface area contributed by atoms with Crippen molar-refractivity contribution < 1.29 is 0 Å². The summed E-state index contributed by atoms with van der Waals surface area (Å²) < 4.78 is 0. The first-order chi connectivity index (χ1) is 10.2. The molecule has 0 fully saturated rings. The topological polar surface area (TPSA) is 36.7 Å². The summed E-state index contributed by atoms with van der Waals surface area (Å²) >= 11 is 5.99. The van der Waals surface area contributed by atoms with E-state index in [2.05, 4.69) is 11.1 Å². The van der Waals surface area contributed by atoms with Gasteiger partial charge in [-0.1, -0.05) is 41.9 Å². The number of nitrogens with zero attached hydrogens (tertiary/aromatic N) is 2. The molecule has 0 aliphatic carbocycles. The summed E-state index contributed by atoms with van der Waals surface area (Å²) in [6.45, 7) is 0. The van der Waals surface area contributed by atoms with E-state index in [0.29, 0.717) is 10.6 Å². The van der Waals surface area contributed by atoms with Crippen LogP contribution < -0.4 is 0 Å². The second kappa shape index (κ2) is 7.41. The molecule has 4 heteroatoms. The Hall–Kier alpha value is -1.86. The summed E-state index contributed by atoms with van der Waals surface area (Å²) in [5, 5.41) is 10.6. The number of hydrogen-bond acceptors (Lipinski definition) is 2. The van der Waals surface area contributed by atoms with E-state index in [4.69, 9.17) is 16.9 Å². The third-order valence-electron chi connectivity index (χ3n) is 3.14. The molecule has 3 aromatic rings. The lowest BCUT2D eigenvalue weighted by Crippen LogP contribution is -1.83. The Labute approximate surface area is 150 Å². The zero-order valence-electron chi connectivity index (χ0n) is 11.1. The zero-order chi connectivity index (χ0) is 14.7. The van der Waals surface area contributed by atoms with Crippen LogP contribution in [0, 0.1) is 11.3 Å². The molecule has 0 aliphatic heterocycles. The summed E-state index contributed by atoms with van der Waals surface area (Å²) in [6.07, 6.45) is 3.87. The first-order valence-corrected chi connectivity index (χ1v) is 6.87. The van der Waals surface area contributed by atoms with Crippen molar-refractivity contribution in [1.82, 2.24) is 4.98 Å². The van der Waals surface area contributed by atoms with Gasteiger partial charge in [-0.15, -0.1) is 0 Å². The van der Waals surface area contributed by atoms with Crippen LogP contribution in [0.1, 0.15) is 16.8 Å². The number of rotatable bonds is 2. The quantitative estimate of drug-likeness (QED) is 0.670. The van der Waals surface area contributed by atoms with Crippen molar-refractivity contribution in [3.8, 4) is 6.07 Å². The lowest BCUT2D eigenvalue weighted by atomic mass is 10.1. The van der Waals surface area contributed by atoms with Gasteiger partial charge in [0.05, 0.1) is 22.8 Å². The van der Waals surface area contributed by atoms with Crippen LogP contribution in [0.2, 0.25) is 5.02 Å². The standard InChI is InChI=1S/C18H11ClN2.Mg.2H/c19-16-7-5-15-6-9-17(21-18(15)11-16)8-4-13-2-1-3-14(10-13)12-20;;;/h1-11H;;;/b8-4+;;;. The van der Waals surface area contributed by atoms with E-state index in [1.807, 2.05) is 60.7 Å². The molecule has 3 rings (SSSR count). The van der Waals surface area contributed by atoms with Gasteiger partial charge in [-0.3, -0.25) is 0 Å². The number of fused-ring (bicyclic) bond motifs is 1. The highest BCUT2D eigenvalue weighted by Gasteiger charge is 1.97. The normalized spacial score (nSPS) is 10.4. The molecule has 0 N–H and O–H groups in total. The molecule has 0 saturated heterocycles. The third kappa shape index (κ3) is 3.86. The van der Waals surface area contributed by atoms with E-state index >= 15 is 0 Å². The molecule has 2 aromatic carbocycles. The van der Waals surface area contributed by atoms with Gasteiger partial charge in [0.2, 0.25) is 0 Å². The third-order valence-corrected chi connectivity index (χ3v) is 3.37. The van der Waals surface area contributed by atoms with Crippen LogP contribution in [0.25, 0.3) is 23.1 Å². The summed E-state index contributed by atoms with van der Waals surface area (Å²) in [4.78, 5) is 4.56. The first kappa shape index (κ1) is 16.5. The second-order valence-corrected chi connectivity index (χ2v) is 5.08. The Bertz CT molecular complexity index is 882. The van der Waals surface area contributed by atoms with Crippen LogP contribution >= 0.6 is 11.6 Å². The molecule has 1 aromatic heterocycles. The fraction of sp³-hybridized carbons (Fsp3) is 0. The van der Waals surface area contributed by atoms with Crippen LogP contribution in [-0.2, 0) is 0 Å². The molecular formula is C18H13ClMgN2. The van der Waals surface area contributed by atoms with E-state index in [1.165, 1.54) is 0 Å². The van der Waals surface area contributed by atoms with Crippen molar-refractivity contribution in [3.05, 3.63) is 76.4 Å². The largest absolute Gasteiger partial charge is 0.316 e. The number of aromatic nitrogens is 1. The molecule has 1 heterocycles. The highest BCUT2D eigenvalue weighted by molar-refractivity contribution is 6.31. The molecule has 0 bridgehead atoms. The van der Waals surface area contributed by atoms with Crippen LogP contribution in [0.4, 0.5) is 0 Å². The Kier molecular flexibility index (Phi) is 5.56. The number of pyridine rings is 1. The molecule has 0 unspecified atom stereocenters. The van der Waals surface area contributed by atoms with Gasteiger partial charge in [0.15, 0.2) is 0 Å². The molecule has 0 spiro atoms. The van der Waals surface area contributed by atoms with Gasteiger partial charge in [0, 0.05) is 10.4 Å². The van der Waals surface area contributed by atoms with E-state index in [-0.39, 0.29) is 23.1 Å². The molecule has 0 aliphatic rings. The summed E-state index contributed by atoms with van der Waals surface area (Å²) in [7, 11) is 0. The maximum absolute atomic E-state index is 8.89. The molecule has 22 heavy (non-hydrogen) atoms. The maximum atomic E-state index is 8.89. The smallest absolute Gasteiger partial charge is 0.248 e. The fourth-order valence-electron chi connectivity index (χ4n) is 2.09. The Balaban J connectivity index is 0.00000176. The predicted molar refractivity (Wildman–Crippen MR) is 95.4 cm³/mol. The van der Waals surface area contributed by atoms with Gasteiger partial charge in [0.25, 0.3) is 0 Å². The van der Waals surface area contributed by atoms with Crippen LogP contribution in [0.3, 0.4) is 0 Å². The van der Waals surface area contributed by atoms with Gasteiger partial charge >= 0.3 is 23.1 Å². The van der Waals surface area contributed by atoms with Crippen LogP contribution in [0.5, 0.6) is 0 Å². The molecule has 2 nitrogen and oxygen atoms in total. The van der Waals surface area contributed by atoms with Gasteiger partial charge in [-0.05, 0) is 42.0 Å². The summed E-state index contributed by atoms with van der Waals surface area (Å²) in [5.74, 6) is 0. The van der Waals surface area contributed by atoms with Gasteiger partial charge in [-0.25, -0.2) is 4.98 Å². The first-order valence-electron chi connectivity index (χ1n) is 6.49. The van der Waals surface area contributed by atoms with Gasteiger partial charge < -0.3 is 0 Å². The molecule has 0 atom stereocenters. The Morgan fingerprint density at radius 3 is 2.64 bits per heavy atom. The van der Waals surface area contributed by atoms with Crippen molar-refractivity contribution in [2.24, 2.45) is 0 Å². The minimum Gasteiger partial charge on any atom is -0.248 e. The maximum Gasteiger partial charge on any atom is 0.316 e. The number of hydrogen-bond donors (Lipinski definition) is 0. The number of halogens is 1. The lowest BCUT2D eigenvalue weighted by Gasteiger charge is -2.00. The monoisotopic (exact) mass is 316 g/mol. The average Bonchev–Trinajstić information content (AvgIpc) is 2.52. The summed E-state index contributed by atoms with van der Waals surface area (Å²) in [5.41, 5.74) is 3.35. The molecule has 0 radical (unpaired) electrons. The predicted octanol–water partition coefficient (Wildman–Crippen LogP) is 4.01. The Morgan fingerprint density at radius 2 is 1.82 bits per heavy atom. The minimum absolute atomic E-state index is 0. The van der Waals surface area contributed by atoms with Crippen LogP contribution in [-0.4, -0.2) is 28.0 Å². The minimum atomic E-state index is 0. The molecule has 0 amide bonds. The van der Waals surface area contributed by atoms with Crippen LogP contribution in [0.15, 0.2) is 54.6 Å². The highest BCUT2D eigenvalue weighted by atomic mass is 35.5. The van der Waals surface area contributed by atoms with Crippen molar-refractivity contribution >= 4 is 57.7 Å². The second-order valence-electron chi connectivity index (χ2n) is 4.64. The van der Waals surface area contributed by atoms with Crippen molar-refractivity contribution in [1.29, 1.82) is 5.26 Å². The van der Waals surface area contributed by atoms with Gasteiger partial charge in [-0.2, -0.15) is 5.26 Å². The van der Waals surface area contributed by atoms with E-state index in [9.17, 15) is 0 Å². The number of nitriles is 1. The van der Waals surface area contributed by atoms with E-state index in [0.717, 1.165) is 22.2 Å². The van der Waals surface area contributed by atoms with Crippen molar-refractivity contribution in [3.63, 3.8) is 0 Å². The Morgan fingerprint density at radius 1 is 1.00 bits per heavy atom. The average molecular weight is 317 g/mol. The lowest BCUT2D eigenvalue weighted by molar-refractivity contribution is 1.37. The van der Waals surface area contributed by atoms with Crippen molar-refractivity contribution in [2.75, 3.05) is 0 Å².